The average molecular weight is 349 g/mol. The lowest BCUT2D eigenvalue weighted by Gasteiger charge is -2.20. The molecule has 6 nitrogen and oxygen atoms in total. The number of anilines is 1. The van der Waals surface area contributed by atoms with Crippen LogP contribution in [0.25, 0.3) is 0 Å². The summed E-state index contributed by atoms with van der Waals surface area (Å²) in [4.78, 5) is 27.5. The van der Waals surface area contributed by atoms with E-state index in [4.69, 9.17) is 4.74 Å². The highest BCUT2D eigenvalue weighted by molar-refractivity contribution is 8.00. The van der Waals surface area contributed by atoms with E-state index in [2.05, 4.69) is 16.3 Å². The highest BCUT2D eigenvalue weighted by atomic mass is 32.2. The van der Waals surface area contributed by atoms with Crippen LogP contribution in [0.15, 0.2) is 24.3 Å². The molecule has 0 radical (unpaired) electrons. The zero-order valence-corrected chi connectivity index (χ0v) is 14.7. The lowest BCUT2D eigenvalue weighted by molar-refractivity contribution is -0.132. The van der Waals surface area contributed by atoms with E-state index < -0.39 is 0 Å². The Morgan fingerprint density at radius 1 is 1.46 bits per heavy atom. The van der Waals surface area contributed by atoms with E-state index in [1.807, 2.05) is 18.2 Å². The van der Waals surface area contributed by atoms with Crippen molar-refractivity contribution in [1.29, 1.82) is 0 Å². The van der Waals surface area contributed by atoms with Gasteiger partial charge in [-0.3, -0.25) is 9.59 Å². The van der Waals surface area contributed by atoms with E-state index in [0.717, 1.165) is 30.9 Å². The van der Waals surface area contributed by atoms with Gasteiger partial charge >= 0.3 is 0 Å². The van der Waals surface area contributed by atoms with Crippen LogP contribution in [0, 0.1) is 5.92 Å². The Morgan fingerprint density at radius 2 is 2.33 bits per heavy atom. The number of thioether (sulfide) groups is 1. The molecular weight excluding hydrogens is 326 g/mol. The molecule has 0 saturated carbocycles. The summed E-state index contributed by atoms with van der Waals surface area (Å²) in [6.07, 6.45) is 1.05. The smallest absolute Gasteiger partial charge is 0.239 e. The Morgan fingerprint density at radius 3 is 3.08 bits per heavy atom. The number of amides is 2. The van der Waals surface area contributed by atoms with Gasteiger partial charge in [-0.1, -0.05) is 6.07 Å². The summed E-state index contributed by atoms with van der Waals surface area (Å²) in [5.41, 5.74) is 1.16. The van der Waals surface area contributed by atoms with Crippen LogP contribution in [0.5, 0.6) is 5.75 Å². The number of benzene rings is 1. The van der Waals surface area contributed by atoms with Crippen molar-refractivity contribution in [3.8, 4) is 5.75 Å². The summed E-state index contributed by atoms with van der Waals surface area (Å²) in [5.74, 6) is 2.40. The maximum Gasteiger partial charge on any atom is 0.239 e. The molecule has 1 atom stereocenters. The summed E-state index contributed by atoms with van der Waals surface area (Å²) in [5, 5.41) is 2.97. The second kappa shape index (κ2) is 7.79. The highest BCUT2D eigenvalue weighted by Gasteiger charge is 2.25. The van der Waals surface area contributed by atoms with Gasteiger partial charge in [-0.05, 0) is 24.5 Å². The second-order valence-electron chi connectivity index (χ2n) is 6.18. The van der Waals surface area contributed by atoms with Crippen molar-refractivity contribution in [2.45, 2.75) is 6.42 Å². The number of carbonyl (C=O) groups is 2. The minimum Gasteiger partial charge on any atom is -0.497 e. The number of rotatable bonds is 6. The Bertz CT molecular complexity index is 610. The minimum absolute atomic E-state index is 0.0558. The monoisotopic (exact) mass is 349 g/mol. The molecule has 1 aromatic rings. The van der Waals surface area contributed by atoms with Gasteiger partial charge in [0.2, 0.25) is 11.8 Å². The van der Waals surface area contributed by atoms with Gasteiger partial charge in [-0.2, -0.15) is 0 Å². The summed E-state index contributed by atoms with van der Waals surface area (Å²) >= 11 is 1.56. The van der Waals surface area contributed by atoms with Crippen LogP contribution >= 0.6 is 11.8 Å². The van der Waals surface area contributed by atoms with Crippen molar-refractivity contribution in [2.75, 3.05) is 49.8 Å². The number of nitrogens with one attached hydrogen (secondary N) is 1. The van der Waals surface area contributed by atoms with Gasteiger partial charge in [0.05, 0.1) is 18.7 Å². The molecule has 2 aliphatic rings. The number of methoxy groups -OCH3 is 1. The molecule has 0 bridgehead atoms. The first kappa shape index (κ1) is 17.0. The third-order valence-electron chi connectivity index (χ3n) is 4.45. The Kier molecular flexibility index (Phi) is 5.50. The largest absolute Gasteiger partial charge is 0.497 e. The normalized spacial score (nSPS) is 20.5. The molecule has 2 aliphatic heterocycles. The molecule has 2 fully saturated rings. The number of nitrogens with zero attached hydrogens (tertiary/aromatic N) is 2. The SMILES string of the molecule is COc1cccc(N2CC[C@@H](CNC(=O)CN3CSCC3=O)C2)c1. The van der Waals surface area contributed by atoms with Crippen LogP contribution in [0.1, 0.15) is 6.42 Å². The van der Waals surface area contributed by atoms with Gasteiger partial charge in [0.15, 0.2) is 0 Å². The van der Waals surface area contributed by atoms with Gasteiger partial charge in [-0.15, -0.1) is 11.8 Å². The van der Waals surface area contributed by atoms with Gasteiger partial charge in [-0.25, -0.2) is 0 Å². The quantitative estimate of drug-likeness (QED) is 0.835. The zero-order chi connectivity index (χ0) is 16.9. The third kappa shape index (κ3) is 4.14. The average Bonchev–Trinajstić information content (AvgIpc) is 3.23. The van der Waals surface area contributed by atoms with Crippen LogP contribution in [0.3, 0.4) is 0 Å². The molecule has 7 heteroatoms. The van der Waals surface area contributed by atoms with Crippen LogP contribution in [-0.4, -0.2) is 61.6 Å². The lowest BCUT2D eigenvalue weighted by Crippen LogP contribution is -2.40. The Labute approximate surface area is 146 Å². The molecule has 2 amide bonds. The Hall–Kier alpha value is -1.89. The first-order valence-electron chi connectivity index (χ1n) is 8.17. The number of hydrogen-bond acceptors (Lipinski definition) is 5. The van der Waals surface area contributed by atoms with E-state index >= 15 is 0 Å². The maximum absolute atomic E-state index is 12.0. The number of carbonyl (C=O) groups excluding carboxylic acids is 2. The van der Waals surface area contributed by atoms with E-state index in [1.165, 1.54) is 0 Å². The van der Waals surface area contributed by atoms with Crippen molar-refractivity contribution in [3.05, 3.63) is 24.3 Å². The van der Waals surface area contributed by atoms with Crippen molar-refractivity contribution >= 4 is 29.3 Å². The van der Waals surface area contributed by atoms with Gasteiger partial charge in [0.25, 0.3) is 0 Å². The van der Waals surface area contributed by atoms with Crippen LogP contribution in [-0.2, 0) is 9.59 Å². The fourth-order valence-electron chi connectivity index (χ4n) is 3.07. The minimum atomic E-state index is -0.0642. The van der Waals surface area contributed by atoms with E-state index in [0.29, 0.717) is 24.1 Å². The Balaban J connectivity index is 1.44. The molecule has 0 unspecified atom stereocenters. The third-order valence-corrected chi connectivity index (χ3v) is 5.40. The van der Waals surface area contributed by atoms with Crippen LogP contribution in [0.2, 0.25) is 0 Å². The summed E-state index contributed by atoms with van der Waals surface area (Å²) in [6.45, 7) is 2.74. The summed E-state index contributed by atoms with van der Waals surface area (Å²) in [6, 6.07) is 8.06. The fraction of sp³-hybridized carbons (Fsp3) is 0.529. The highest BCUT2D eigenvalue weighted by Crippen LogP contribution is 2.26. The fourth-order valence-corrected chi connectivity index (χ4v) is 3.97. The molecule has 130 valence electrons. The first-order chi connectivity index (χ1) is 11.7. The van der Waals surface area contributed by atoms with Crippen LogP contribution in [0.4, 0.5) is 5.69 Å². The predicted molar refractivity (Wildman–Crippen MR) is 95.4 cm³/mol. The second-order valence-corrected chi connectivity index (χ2v) is 7.13. The van der Waals surface area contributed by atoms with Crippen molar-refractivity contribution < 1.29 is 14.3 Å². The predicted octanol–water partition coefficient (Wildman–Crippen LogP) is 1.17. The molecule has 0 spiro atoms. The number of hydrogen-bond donors (Lipinski definition) is 1. The molecule has 1 aromatic carbocycles. The van der Waals surface area contributed by atoms with Crippen molar-refractivity contribution in [3.63, 3.8) is 0 Å². The standard InChI is InChI=1S/C17H23N3O3S/c1-23-15-4-2-3-14(7-15)19-6-5-13(9-19)8-18-16(21)10-20-12-24-11-17(20)22/h2-4,7,13H,5-6,8-12H2,1H3,(H,18,21)/t13-/m0/s1. The molecular formula is C17H23N3O3S. The molecule has 2 saturated heterocycles. The number of ether oxygens (including phenoxy) is 1. The summed E-state index contributed by atoms with van der Waals surface area (Å²) < 4.78 is 5.27. The van der Waals surface area contributed by atoms with E-state index in [9.17, 15) is 9.59 Å². The molecule has 24 heavy (non-hydrogen) atoms. The molecule has 0 aliphatic carbocycles. The van der Waals surface area contributed by atoms with E-state index in [-0.39, 0.29) is 18.4 Å². The van der Waals surface area contributed by atoms with E-state index in [1.54, 1.807) is 23.8 Å². The van der Waals surface area contributed by atoms with Crippen LogP contribution < -0.4 is 15.0 Å². The van der Waals surface area contributed by atoms with Gasteiger partial charge in [0, 0.05) is 31.4 Å². The topological polar surface area (TPSA) is 61.9 Å². The summed E-state index contributed by atoms with van der Waals surface area (Å²) in [7, 11) is 1.67. The lowest BCUT2D eigenvalue weighted by atomic mass is 10.1. The van der Waals surface area contributed by atoms with Crippen molar-refractivity contribution in [1.82, 2.24) is 10.2 Å². The molecule has 3 rings (SSSR count). The maximum atomic E-state index is 12.0. The molecule has 0 aromatic heterocycles. The first-order valence-corrected chi connectivity index (χ1v) is 9.32. The molecule has 1 N–H and O–H groups in total. The van der Waals surface area contributed by atoms with Gasteiger partial charge in [0.1, 0.15) is 12.3 Å². The zero-order valence-electron chi connectivity index (χ0n) is 13.9. The van der Waals surface area contributed by atoms with Crippen molar-refractivity contribution in [2.24, 2.45) is 5.92 Å². The molecule has 2 heterocycles. The van der Waals surface area contributed by atoms with Gasteiger partial charge < -0.3 is 19.9 Å².